The molecule has 0 radical (unpaired) electrons. The highest BCUT2D eigenvalue weighted by Crippen LogP contribution is 2.52. The van der Waals surface area contributed by atoms with Gasteiger partial charge in [0, 0.05) is 0 Å². The summed E-state index contributed by atoms with van der Waals surface area (Å²) < 4.78 is 85.7. The van der Waals surface area contributed by atoms with Gasteiger partial charge in [-0.3, -0.25) is 9.11 Å². The fraction of sp³-hybridized carbons (Fsp3) is 1.00. The topological polar surface area (TPSA) is 109 Å². The Labute approximate surface area is 91.1 Å². The first-order chi connectivity index (χ1) is 7.02. The molecule has 0 heterocycles. The maximum atomic E-state index is 13.3. The zero-order valence-electron chi connectivity index (χ0n) is 7.88. The number of rotatable bonds is 4. The smallest absolute Gasteiger partial charge is 0.283 e. The molecular weight excluding hydrogens is 270 g/mol. The zero-order valence-corrected chi connectivity index (χ0v) is 9.51. The minimum atomic E-state index is -5.21. The van der Waals surface area contributed by atoms with Gasteiger partial charge in [0.2, 0.25) is 11.0 Å². The molecule has 10 heteroatoms. The Morgan fingerprint density at radius 1 is 0.938 bits per heavy atom. The number of hydrogen-bond acceptors (Lipinski definition) is 4. The number of alkyl halides is 2. The second kappa shape index (κ2) is 3.86. The van der Waals surface area contributed by atoms with E-state index in [1.54, 1.807) is 0 Å². The van der Waals surface area contributed by atoms with Crippen LogP contribution in [-0.4, -0.2) is 36.9 Å². The average molecular weight is 280 g/mol. The number of hydrogen-bond donors (Lipinski definition) is 2. The first-order valence-corrected chi connectivity index (χ1v) is 7.23. The van der Waals surface area contributed by atoms with Crippen LogP contribution in [0, 0.1) is 5.41 Å². The fourth-order valence-electron chi connectivity index (χ4n) is 1.74. The lowest BCUT2D eigenvalue weighted by molar-refractivity contribution is 0.00912. The molecule has 0 bridgehead atoms. The molecule has 2 atom stereocenters. The van der Waals surface area contributed by atoms with Crippen molar-refractivity contribution in [3.05, 3.63) is 0 Å². The van der Waals surface area contributed by atoms with Crippen LogP contribution in [0.2, 0.25) is 0 Å². The summed E-state index contributed by atoms with van der Waals surface area (Å²) in [5.41, 5.74) is -8.53. The zero-order chi connectivity index (χ0) is 12.8. The van der Waals surface area contributed by atoms with Crippen LogP contribution in [0.15, 0.2) is 0 Å². The van der Waals surface area contributed by atoms with Crippen molar-refractivity contribution in [1.82, 2.24) is 0 Å². The van der Waals surface area contributed by atoms with Crippen molar-refractivity contribution in [2.45, 2.75) is 30.3 Å². The van der Waals surface area contributed by atoms with E-state index >= 15 is 0 Å². The van der Waals surface area contributed by atoms with Gasteiger partial charge in [0.25, 0.3) is 20.2 Å². The summed E-state index contributed by atoms with van der Waals surface area (Å²) in [6.07, 6.45) is -0.546. The molecule has 6 nitrogen and oxygen atoms in total. The molecule has 1 fully saturated rings. The second-order valence-corrected chi connectivity index (χ2v) is 6.64. The normalized spacial score (nSPS) is 24.5. The van der Waals surface area contributed by atoms with Crippen LogP contribution in [0.25, 0.3) is 0 Å². The van der Waals surface area contributed by atoms with Gasteiger partial charge in [0.05, 0.1) is 5.41 Å². The summed E-state index contributed by atoms with van der Waals surface area (Å²) in [5, 5.41) is 0. The van der Waals surface area contributed by atoms with E-state index in [0.29, 0.717) is 0 Å². The number of halogens is 2. The molecule has 1 aliphatic rings. The Hall–Kier alpha value is -0.320. The Morgan fingerprint density at radius 3 is 1.38 bits per heavy atom. The predicted molar refractivity (Wildman–Crippen MR) is 49.2 cm³/mol. The predicted octanol–water partition coefficient (Wildman–Crippen LogP) is 0.524. The molecule has 0 aromatic heterocycles. The van der Waals surface area contributed by atoms with Crippen molar-refractivity contribution in [3.63, 3.8) is 0 Å². The summed E-state index contributed by atoms with van der Waals surface area (Å²) in [6.45, 7) is 0. The molecule has 0 saturated heterocycles. The molecule has 0 spiro atoms. The minimum Gasteiger partial charge on any atom is -0.283 e. The molecule has 0 aliphatic heterocycles. The Bertz CT molecular complexity index is 425. The Kier molecular flexibility index (Phi) is 3.32. The average Bonchev–Trinajstić information content (AvgIpc) is 1.98. The lowest BCUT2D eigenvalue weighted by Gasteiger charge is -2.43. The van der Waals surface area contributed by atoms with Gasteiger partial charge in [-0.1, -0.05) is 6.42 Å². The molecule has 16 heavy (non-hydrogen) atoms. The van der Waals surface area contributed by atoms with Crippen LogP contribution in [0.1, 0.15) is 19.3 Å². The lowest BCUT2D eigenvalue weighted by atomic mass is 9.70. The molecule has 1 rings (SSSR count). The highest BCUT2D eigenvalue weighted by molar-refractivity contribution is 7.87. The largest absolute Gasteiger partial charge is 0.298 e. The monoisotopic (exact) mass is 280 g/mol. The SMILES string of the molecule is O=S(=O)(O)C(F)C1(C(F)S(=O)(=O)O)CCC1. The summed E-state index contributed by atoms with van der Waals surface area (Å²) in [7, 11) is -10.4. The van der Waals surface area contributed by atoms with Crippen LogP contribution in [0.5, 0.6) is 0 Å². The molecule has 0 aromatic carbocycles. The van der Waals surface area contributed by atoms with Gasteiger partial charge in [-0.25, -0.2) is 8.78 Å². The second-order valence-electron chi connectivity index (χ2n) is 3.75. The van der Waals surface area contributed by atoms with Crippen molar-refractivity contribution in [1.29, 1.82) is 0 Å². The van der Waals surface area contributed by atoms with Gasteiger partial charge in [-0.2, -0.15) is 16.8 Å². The summed E-state index contributed by atoms with van der Waals surface area (Å²) in [4.78, 5) is 0. The Balaban J connectivity index is 3.14. The van der Waals surface area contributed by atoms with Crippen molar-refractivity contribution in [2.75, 3.05) is 0 Å². The highest BCUT2D eigenvalue weighted by atomic mass is 32.2. The molecule has 2 N–H and O–H groups in total. The van der Waals surface area contributed by atoms with Crippen LogP contribution in [-0.2, 0) is 20.2 Å². The summed E-state index contributed by atoms with van der Waals surface area (Å²) >= 11 is 0. The third-order valence-electron chi connectivity index (χ3n) is 2.71. The van der Waals surface area contributed by atoms with E-state index in [1.165, 1.54) is 0 Å². The first-order valence-electron chi connectivity index (χ1n) is 4.22. The van der Waals surface area contributed by atoms with Gasteiger partial charge < -0.3 is 0 Å². The van der Waals surface area contributed by atoms with Gasteiger partial charge in [0.15, 0.2) is 0 Å². The van der Waals surface area contributed by atoms with Gasteiger partial charge in [-0.15, -0.1) is 0 Å². The van der Waals surface area contributed by atoms with E-state index < -0.39 is 36.7 Å². The molecule has 1 aliphatic carbocycles. The molecule has 96 valence electrons. The molecule has 1 saturated carbocycles. The van der Waals surface area contributed by atoms with Crippen molar-refractivity contribution in [2.24, 2.45) is 5.41 Å². The highest BCUT2D eigenvalue weighted by Gasteiger charge is 2.60. The maximum absolute atomic E-state index is 13.3. The van der Waals surface area contributed by atoms with E-state index in [1.807, 2.05) is 0 Å². The van der Waals surface area contributed by atoms with Gasteiger partial charge in [-0.05, 0) is 12.8 Å². The van der Waals surface area contributed by atoms with Gasteiger partial charge in [0.1, 0.15) is 0 Å². The standard InChI is InChI=1S/C6H10F2O6S2/c7-4(15(9,10)11)6(2-1-3-6)5(8)16(12,13)14/h4-5H,1-3H2,(H,9,10,11)(H,12,13,14). The van der Waals surface area contributed by atoms with E-state index in [9.17, 15) is 25.6 Å². The van der Waals surface area contributed by atoms with Crippen molar-refractivity contribution < 1.29 is 34.7 Å². The summed E-state index contributed by atoms with van der Waals surface area (Å²) in [6, 6.07) is 0. The van der Waals surface area contributed by atoms with Crippen LogP contribution < -0.4 is 0 Å². The maximum Gasteiger partial charge on any atom is 0.298 e. The van der Waals surface area contributed by atoms with Crippen LogP contribution >= 0.6 is 0 Å². The quantitative estimate of drug-likeness (QED) is 0.727. The lowest BCUT2D eigenvalue weighted by Crippen LogP contribution is -2.52. The van der Waals surface area contributed by atoms with Crippen LogP contribution in [0.3, 0.4) is 0 Å². The third-order valence-corrected chi connectivity index (χ3v) is 4.70. The van der Waals surface area contributed by atoms with Crippen molar-refractivity contribution in [3.8, 4) is 0 Å². The Morgan fingerprint density at radius 2 is 1.25 bits per heavy atom. The molecule has 0 amide bonds. The first kappa shape index (κ1) is 13.7. The van der Waals surface area contributed by atoms with E-state index in [0.717, 1.165) is 0 Å². The summed E-state index contributed by atoms with van der Waals surface area (Å²) in [5.74, 6) is 0. The van der Waals surface area contributed by atoms with Crippen molar-refractivity contribution >= 4 is 20.2 Å². The third kappa shape index (κ3) is 2.19. The molecule has 2 unspecified atom stereocenters. The minimum absolute atomic E-state index is 0.214. The van der Waals surface area contributed by atoms with Crippen LogP contribution in [0.4, 0.5) is 8.78 Å². The van der Waals surface area contributed by atoms with Gasteiger partial charge >= 0.3 is 0 Å². The molecular formula is C6H10F2O6S2. The van der Waals surface area contributed by atoms with E-state index in [-0.39, 0.29) is 19.3 Å². The van der Waals surface area contributed by atoms with E-state index in [4.69, 9.17) is 9.11 Å². The fourth-order valence-corrected chi connectivity index (χ4v) is 3.72. The van der Waals surface area contributed by atoms with E-state index in [2.05, 4.69) is 0 Å². The molecule has 0 aromatic rings.